The van der Waals surface area contributed by atoms with Gasteiger partial charge in [0.05, 0.1) is 12.8 Å². The third-order valence-corrected chi connectivity index (χ3v) is 4.20. The van der Waals surface area contributed by atoms with Crippen molar-refractivity contribution in [3.05, 3.63) is 71.3 Å². The summed E-state index contributed by atoms with van der Waals surface area (Å²) in [6.45, 7) is 0.194. The van der Waals surface area contributed by atoms with Crippen LogP contribution in [0.3, 0.4) is 0 Å². The van der Waals surface area contributed by atoms with Crippen LogP contribution in [0, 0.1) is 5.41 Å². The van der Waals surface area contributed by atoms with Gasteiger partial charge in [0.2, 0.25) is 0 Å². The van der Waals surface area contributed by atoms with Gasteiger partial charge in [-0.05, 0) is 5.56 Å². The maximum atomic E-state index is 11.0. The van der Waals surface area contributed by atoms with Gasteiger partial charge in [-0.2, -0.15) is 0 Å². The van der Waals surface area contributed by atoms with Crippen LogP contribution in [-0.4, -0.2) is 37.1 Å². The van der Waals surface area contributed by atoms with Gasteiger partial charge in [0.25, 0.3) is 5.91 Å². The fraction of sp³-hybridized carbons (Fsp3) is 0.286. The number of amidine groups is 1. The van der Waals surface area contributed by atoms with Crippen LogP contribution >= 0.6 is 0 Å². The number of fused-ring (bicyclic) bond motifs is 1. The lowest BCUT2D eigenvalue weighted by atomic mass is 10.1. The van der Waals surface area contributed by atoms with Crippen LogP contribution in [0.15, 0.2) is 54.6 Å². The van der Waals surface area contributed by atoms with E-state index in [-0.39, 0.29) is 19.4 Å². The zero-order chi connectivity index (χ0) is 21.3. The molecule has 0 fully saturated rings. The van der Waals surface area contributed by atoms with Crippen LogP contribution in [0.1, 0.15) is 29.5 Å². The maximum Gasteiger partial charge on any atom is 0.306 e. The van der Waals surface area contributed by atoms with Crippen molar-refractivity contribution in [1.29, 1.82) is 5.41 Å². The van der Waals surface area contributed by atoms with Crippen molar-refractivity contribution < 1.29 is 28.9 Å². The van der Waals surface area contributed by atoms with Crippen molar-refractivity contribution in [3.8, 4) is 0 Å². The number of hydrogen-bond acceptors (Lipinski definition) is 6. The molecule has 0 bridgehead atoms. The van der Waals surface area contributed by atoms with E-state index in [2.05, 4.69) is 5.32 Å². The molecule has 3 N–H and O–H groups in total. The zero-order valence-electron chi connectivity index (χ0n) is 16.3. The van der Waals surface area contributed by atoms with E-state index in [1.807, 2.05) is 54.6 Å². The van der Waals surface area contributed by atoms with E-state index in [0.29, 0.717) is 5.84 Å². The van der Waals surface area contributed by atoms with Crippen LogP contribution in [0.25, 0.3) is 0 Å². The van der Waals surface area contributed by atoms with Crippen molar-refractivity contribution in [2.75, 3.05) is 14.2 Å². The van der Waals surface area contributed by atoms with Crippen molar-refractivity contribution in [3.63, 3.8) is 0 Å². The molecule has 2 aromatic carbocycles. The molecule has 0 radical (unpaired) electrons. The Bertz CT molecular complexity index is 849. The summed E-state index contributed by atoms with van der Waals surface area (Å²) < 4.78 is 15.4. The molecule has 0 spiro atoms. The molecule has 0 saturated carbocycles. The topological polar surface area (TPSA) is 118 Å². The lowest BCUT2D eigenvalue weighted by molar-refractivity contribution is -0.223. The molecular formula is C21H24N2O6. The van der Waals surface area contributed by atoms with Crippen molar-refractivity contribution >= 4 is 17.8 Å². The molecule has 0 saturated heterocycles. The molecule has 8 nitrogen and oxygen atoms in total. The highest BCUT2D eigenvalue weighted by Crippen LogP contribution is 2.31. The molecule has 29 heavy (non-hydrogen) atoms. The number of aliphatic carboxylic acids is 1. The second kappa shape index (κ2) is 10.4. The van der Waals surface area contributed by atoms with E-state index in [1.54, 1.807) is 14.2 Å². The highest BCUT2D eigenvalue weighted by atomic mass is 16.7. The van der Waals surface area contributed by atoms with Gasteiger partial charge in [-0.3, -0.25) is 15.0 Å². The van der Waals surface area contributed by atoms with Crippen molar-refractivity contribution in [2.24, 2.45) is 0 Å². The maximum absolute atomic E-state index is 11.0. The number of rotatable bonds is 7. The molecule has 154 valence electrons. The Labute approximate surface area is 168 Å². The summed E-state index contributed by atoms with van der Waals surface area (Å²) in [6.07, 6.45) is -0.268. The first-order valence-electron chi connectivity index (χ1n) is 8.90. The molecule has 8 heteroatoms. The lowest BCUT2D eigenvalue weighted by Gasteiger charge is -2.26. The van der Waals surface area contributed by atoms with Crippen LogP contribution in [0.5, 0.6) is 0 Å². The van der Waals surface area contributed by atoms with Crippen LogP contribution in [-0.2, 0) is 36.3 Å². The van der Waals surface area contributed by atoms with Gasteiger partial charge in [-0.25, -0.2) is 0 Å². The Kier molecular flexibility index (Phi) is 7.88. The van der Waals surface area contributed by atoms with E-state index in [1.165, 1.54) is 0 Å². The number of carbonyl (C=O) groups is 2. The van der Waals surface area contributed by atoms with Crippen molar-refractivity contribution in [1.82, 2.24) is 5.32 Å². The second-order valence-electron chi connectivity index (χ2n) is 6.11. The number of carbonyl (C=O) groups excluding carboxylic acids is 1. The fourth-order valence-corrected chi connectivity index (χ4v) is 2.71. The molecule has 2 aromatic rings. The number of esters is 1. The van der Waals surface area contributed by atoms with E-state index >= 15 is 0 Å². The molecule has 0 aromatic heterocycles. The Balaban J connectivity index is 0.000000207. The smallest absolute Gasteiger partial charge is 0.306 e. The zero-order valence-corrected chi connectivity index (χ0v) is 16.3. The number of carboxylic acid groups (broad SMARTS) is 1. The van der Waals surface area contributed by atoms with Crippen LogP contribution < -0.4 is 5.32 Å². The molecule has 0 amide bonds. The van der Waals surface area contributed by atoms with Gasteiger partial charge < -0.3 is 24.6 Å². The standard InChI is InChI=1S/C11H12O4.C10H12N2O2/c12-10(13)6-7-11(14)15-8-9-4-2-1-3-5-9;1-13-10(14-2)8-6-4-3-5-7(8)9(11)12-10/h1-5H,6-8H2,(H,12,13);3-6H,1-2H3,(H2,11,12). The van der Waals surface area contributed by atoms with Gasteiger partial charge in [0.15, 0.2) is 0 Å². The van der Waals surface area contributed by atoms with Gasteiger partial charge in [0.1, 0.15) is 12.4 Å². The Morgan fingerprint density at radius 3 is 2.24 bits per heavy atom. The molecule has 0 aliphatic carbocycles. The average molecular weight is 400 g/mol. The summed E-state index contributed by atoms with van der Waals surface area (Å²) in [5, 5.41) is 18.9. The van der Waals surface area contributed by atoms with Gasteiger partial charge in [-0.15, -0.1) is 0 Å². The fourth-order valence-electron chi connectivity index (χ4n) is 2.71. The van der Waals surface area contributed by atoms with Crippen molar-refractivity contribution in [2.45, 2.75) is 25.4 Å². The number of carboxylic acids is 1. The minimum Gasteiger partial charge on any atom is -0.481 e. The Morgan fingerprint density at radius 1 is 1.00 bits per heavy atom. The third-order valence-electron chi connectivity index (χ3n) is 4.20. The molecule has 1 aliphatic rings. The third kappa shape index (κ3) is 5.87. The number of nitrogens with one attached hydrogen (secondary N) is 2. The van der Waals surface area contributed by atoms with Gasteiger partial charge in [-0.1, -0.05) is 54.6 Å². The van der Waals surface area contributed by atoms with Gasteiger partial charge >= 0.3 is 11.9 Å². The van der Waals surface area contributed by atoms with E-state index in [0.717, 1.165) is 16.7 Å². The highest BCUT2D eigenvalue weighted by Gasteiger charge is 2.41. The predicted octanol–water partition coefficient (Wildman–Crippen LogP) is 2.61. The van der Waals surface area contributed by atoms with Crippen LogP contribution in [0.2, 0.25) is 0 Å². The average Bonchev–Trinajstić information content (AvgIpc) is 3.04. The van der Waals surface area contributed by atoms with E-state index < -0.39 is 17.8 Å². The highest BCUT2D eigenvalue weighted by molar-refractivity contribution is 6.01. The van der Waals surface area contributed by atoms with Gasteiger partial charge in [0, 0.05) is 25.3 Å². The van der Waals surface area contributed by atoms with E-state index in [4.69, 9.17) is 24.7 Å². The molecule has 1 aliphatic heterocycles. The Hall–Kier alpha value is -3.23. The first-order valence-corrected chi connectivity index (χ1v) is 8.90. The number of hydrogen-bond donors (Lipinski definition) is 3. The largest absolute Gasteiger partial charge is 0.481 e. The molecule has 0 unspecified atom stereocenters. The number of ether oxygens (including phenoxy) is 3. The molecule has 0 atom stereocenters. The summed E-state index contributed by atoms with van der Waals surface area (Å²) in [5.41, 5.74) is 2.55. The minimum absolute atomic E-state index is 0.0812. The summed E-state index contributed by atoms with van der Waals surface area (Å²) in [7, 11) is 3.10. The summed E-state index contributed by atoms with van der Waals surface area (Å²) >= 11 is 0. The minimum atomic E-state index is -0.994. The van der Waals surface area contributed by atoms with E-state index in [9.17, 15) is 9.59 Å². The number of methoxy groups -OCH3 is 2. The SMILES string of the molecule is COC1(OC)NC(=N)c2ccccc21.O=C(O)CCC(=O)OCc1ccccc1. The monoisotopic (exact) mass is 400 g/mol. The first kappa shape index (κ1) is 22.1. The summed E-state index contributed by atoms with van der Waals surface area (Å²) in [6, 6.07) is 16.8. The quantitative estimate of drug-likeness (QED) is 0.483. The summed E-state index contributed by atoms with van der Waals surface area (Å²) in [4.78, 5) is 21.2. The predicted molar refractivity (Wildman–Crippen MR) is 105 cm³/mol. The van der Waals surface area contributed by atoms with Crippen LogP contribution in [0.4, 0.5) is 0 Å². The second-order valence-corrected chi connectivity index (χ2v) is 6.11. The first-order chi connectivity index (χ1) is 13.9. The summed E-state index contributed by atoms with van der Waals surface area (Å²) in [5.74, 6) is -2.15. The normalized spacial score (nSPS) is 13.5. The molecule has 3 rings (SSSR count). The lowest BCUT2D eigenvalue weighted by Crippen LogP contribution is -2.42. The number of benzene rings is 2. The Morgan fingerprint density at radius 2 is 1.62 bits per heavy atom. The molecule has 1 heterocycles. The molecular weight excluding hydrogens is 376 g/mol.